The third-order valence-electron chi connectivity index (χ3n) is 2.36. The number of pyridine rings is 1. The summed E-state index contributed by atoms with van der Waals surface area (Å²) in [7, 11) is 0. The number of nitriles is 1. The number of hydrogen-bond acceptors (Lipinski definition) is 4. The molecule has 1 radical (unpaired) electrons. The summed E-state index contributed by atoms with van der Waals surface area (Å²) in [6, 6.07) is 7.19. The number of carbonyl (C=O) groups is 1. The van der Waals surface area contributed by atoms with Crippen LogP contribution >= 0.6 is 11.3 Å². The van der Waals surface area contributed by atoms with Crippen molar-refractivity contribution in [3.63, 3.8) is 0 Å². The minimum Gasteiger partial charge on any atom is -0.288 e. The minimum atomic E-state index is -0.548. The number of aromatic nitrogens is 1. The Morgan fingerprint density at radius 1 is 1.59 bits per heavy atom. The molecule has 0 saturated heterocycles. The van der Waals surface area contributed by atoms with E-state index in [0.29, 0.717) is 16.1 Å². The van der Waals surface area contributed by atoms with Crippen LogP contribution in [0.25, 0.3) is 0 Å². The number of thiophene rings is 1. The molecule has 2 aromatic rings. The van der Waals surface area contributed by atoms with Gasteiger partial charge >= 0.3 is 0 Å². The van der Waals surface area contributed by atoms with Crippen molar-refractivity contribution in [2.24, 2.45) is 0 Å². The predicted molar refractivity (Wildman–Crippen MR) is 63.0 cm³/mol. The van der Waals surface area contributed by atoms with Crippen LogP contribution < -0.4 is 5.56 Å². The smallest absolute Gasteiger partial charge is 0.272 e. The van der Waals surface area contributed by atoms with E-state index in [0.717, 1.165) is 4.57 Å². The van der Waals surface area contributed by atoms with Gasteiger partial charge < -0.3 is 0 Å². The fraction of sp³-hybridized carbons (Fsp3) is 0.0833. The molecule has 5 heteroatoms. The Kier molecular flexibility index (Phi) is 2.90. The van der Waals surface area contributed by atoms with Crippen molar-refractivity contribution in [3.8, 4) is 6.19 Å². The number of rotatable bonds is 2. The summed E-state index contributed by atoms with van der Waals surface area (Å²) in [6.45, 7) is 1.57. The Balaban J connectivity index is 2.59. The van der Waals surface area contributed by atoms with E-state index in [1.165, 1.54) is 17.4 Å². The van der Waals surface area contributed by atoms with Crippen LogP contribution in [0.3, 0.4) is 0 Å². The van der Waals surface area contributed by atoms with E-state index < -0.39 is 5.56 Å². The Labute approximate surface area is 101 Å². The SMILES string of the molecule is Cc1c(C(=O)c2cccs2)c[c]c(=O)n1C#N. The summed E-state index contributed by atoms with van der Waals surface area (Å²) in [5, 5.41) is 10.6. The summed E-state index contributed by atoms with van der Waals surface area (Å²) in [5.74, 6) is -0.197. The van der Waals surface area contributed by atoms with Crippen molar-refractivity contribution in [2.75, 3.05) is 0 Å². The molecule has 0 fully saturated rings. The summed E-state index contributed by atoms with van der Waals surface area (Å²) < 4.78 is 0.862. The van der Waals surface area contributed by atoms with E-state index in [4.69, 9.17) is 5.26 Å². The number of hydrogen-bond donors (Lipinski definition) is 0. The molecule has 0 amide bonds. The molecule has 17 heavy (non-hydrogen) atoms. The zero-order valence-electron chi connectivity index (χ0n) is 8.93. The standard InChI is InChI=1S/C12H7N2O2S/c1-8-9(4-5-11(15)14(8)7-13)12(16)10-3-2-6-17-10/h2-4,6H,1H3. The lowest BCUT2D eigenvalue weighted by atomic mass is 10.1. The van der Waals surface area contributed by atoms with Gasteiger partial charge in [0.1, 0.15) is 0 Å². The molecule has 0 aromatic carbocycles. The Morgan fingerprint density at radius 2 is 2.35 bits per heavy atom. The monoisotopic (exact) mass is 243 g/mol. The van der Waals surface area contributed by atoms with Crippen molar-refractivity contribution < 1.29 is 4.79 Å². The molecule has 0 aliphatic heterocycles. The first-order valence-corrected chi connectivity index (χ1v) is 5.65. The number of nitrogens with zero attached hydrogens (tertiary/aromatic N) is 2. The van der Waals surface area contributed by atoms with E-state index in [1.807, 2.05) is 0 Å². The van der Waals surface area contributed by atoms with Gasteiger partial charge in [0.05, 0.1) is 10.9 Å². The second-order valence-corrected chi connectivity index (χ2v) is 4.28. The maximum Gasteiger partial charge on any atom is 0.272 e. The summed E-state index contributed by atoms with van der Waals surface area (Å²) in [4.78, 5) is 24.0. The van der Waals surface area contributed by atoms with Gasteiger partial charge in [-0.15, -0.1) is 11.3 Å². The second-order valence-electron chi connectivity index (χ2n) is 3.33. The normalized spacial score (nSPS) is 9.88. The molecular weight excluding hydrogens is 236 g/mol. The highest BCUT2D eigenvalue weighted by atomic mass is 32.1. The maximum absolute atomic E-state index is 12.1. The molecular formula is C12H7N2O2S. The van der Waals surface area contributed by atoms with Crippen LogP contribution in [-0.4, -0.2) is 10.4 Å². The number of ketones is 1. The van der Waals surface area contributed by atoms with Crippen LogP contribution in [0.5, 0.6) is 0 Å². The molecule has 0 N–H and O–H groups in total. The van der Waals surface area contributed by atoms with Crippen molar-refractivity contribution in [3.05, 3.63) is 56.1 Å². The summed E-state index contributed by atoms with van der Waals surface area (Å²) in [6.07, 6.45) is 1.73. The summed E-state index contributed by atoms with van der Waals surface area (Å²) in [5.41, 5.74) is 0.121. The molecule has 2 rings (SSSR count). The first kappa shape index (κ1) is 11.3. The third kappa shape index (κ3) is 1.90. The Bertz CT molecular complexity index is 663. The summed E-state index contributed by atoms with van der Waals surface area (Å²) >= 11 is 1.32. The molecule has 0 unspecified atom stereocenters. The van der Waals surface area contributed by atoms with Crippen LogP contribution in [0.15, 0.2) is 28.4 Å². The molecule has 0 aliphatic rings. The van der Waals surface area contributed by atoms with Gasteiger partial charge in [0.25, 0.3) is 5.56 Å². The van der Waals surface area contributed by atoms with E-state index >= 15 is 0 Å². The van der Waals surface area contributed by atoms with Gasteiger partial charge in [-0.05, 0) is 24.4 Å². The topological polar surface area (TPSA) is 62.9 Å². The molecule has 0 spiro atoms. The lowest BCUT2D eigenvalue weighted by Gasteiger charge is -2.05. The maximum atomic E-state index is 12.1. The highest BCUT2D eigenvalue weighted by Crippen LogP contribution is 2.16. The fourth-order valence-corrected chi connectivity index (χ4v) is 2.14. The van der Waals surface area contributed by atoms with Crippen molar-refractivity contribution >= 4 is 17.1 Å². The number of carbonyl (C=O) groups excluding carboxylic acids is 1. The molecule has 0 saturated carbocycles. The average Bonchev–Trinajstić information content (AvgIpc) is 2.82. The van der Waals surface area contributed by atoms with Crippen molar-refractivity contribution in [1.82, 2.24) is 4.57 Å². The van der Waals surface area contributed by atoms with E-state index in [-0.39, 0.29) is 5.78 Å². The Morgan fingerprint density at radius 3 is 2.94 bits per heavy atom. The molecule has 2 heterocycles. The first-order chi connectivity index (χ1) is 8.15. The van der Waals surface area contributed by atoms with Gasteiger partial charge in [-0.2, -0.15) is 5.26 Å². The molecule has 4 nitrogen and oxygen atoms in total. The van der Waals surface area contributed by atoms with Crippen LogP contribution in [0, 0.1) is 24.4 Å². The fourth-order valence-electron chi connectivity index (χ4n) is 1.47. The van der Waals surface area contributed by atoms with Crippen LogP contribution in [0.2, 0.25) is 0 Å². The molecule has 0 bridgehead atoms. The minimum absolute atomic E-state index is 0.197. The van der Waals surface area contributed by atoms with Gasteiger partial charge in [-0.3, -0.25) is 9.59 Å². The van der Waals surface area contributed by atoms with E-state index in [2.05, 4.69) is 6.07 Å². The zero-order chi connectivity index (χ0) is 12.4. The largest absolute Gasteiger partial charge is 0.288 e. The predicted octanol–water partition coefficient (Wildman–Crippen LogP) is 1.58. The van der Waals surface area contributed by atoms with Crippen molar-refractivity contribution in [1.29, 1.82) is 5.26 Å². The van der Waals surface area contributed by atoms with Gasteiger partial charge in [-0.25, -0.2) is 4.57 Å². The Hall–Kier alpha value is -2.19. The lowest BCUT2D eigenvalue weighted by molar-refractivity contribution is 0.104. The van der Waals surface area contributed by atoms with E-state index in [1.54, 1.807) is 30.6 Å². The van der Waals surface area contributed by atoms with E-state index in [9.17, 15) is 9.59 Å². The van der Waals surface area contributed by atoms with Crippen LogP contribution in [0.4, 0.5) is 0 Å². The van der Waals surface area contributed by atoms with Gasteiger partial charge in [0.15, 0.2) is 6.19 Å². The zero-order valence-corrected chi connectivity index (χ0v) is 9.75. The van der Waals surface area contributed by atoms with Crippen molar-refractivity contribution in [2.45, 2.75) is 6.92 Å². The van der Waals surface area contributed by atoms with Crippen LogP contribution in [0.1, 0.15) is 20.9 Å². The van der Waals surface area contributed by atoms with Gasteiger partial charge in [-0.1, -0.05) is 6.07 Å². The highest BCUT2D eigenvalue weighted by molar-refractivity contribution is 7.12. The van der Waals surface area contributed by atoms with Gasteiger partial charge in [0, 0.05) is 11.3 Å². The molecule has 83 valence electrons. The molecule has 0 atom stereocenters. The third-order valence-corrected chi connectivity index (χ3v) is 3.23. The average molecular weight is 243 g/mol. The van der Waals surface area contributed by atoms with Crippen LogP contribution in [-0.2, 0) is 0 Å². The second kappa shape index (κ2) is 4.36. The molecule has 2 aromatic heterocycles. The lowest BCUT2D eigenvalue weighted by Crippen LogP contribution is -2.21. The molecule has 0 aliphatic carbocycles. The highest BCUT2D eigenvalue weighted by Gasteiger charge is 2.15. The van der Waals surface area contributed by atoms with Gasteiger partial charge in [0.2, 0.25) is 5.78 Å². The quantitative estimate of drug-likeness (QED) is 0.752. The first-order valence-electron chi connectivity index (χ1n) is 4.78.